The van der Waals surface area contributed by atoms with Gasteiger partial charge in [-0.1, -0.05) is 68.9 Å². The van der Waals surface area contributed by atoms with Gasteiger partial charge in [-0.15, -0.1) is 10.2 Å². The Morgan fingerprint density at radius 3 is 2.43 bits per heavy atom. The minimum atomic E-state index is -0.525. The van der Waals surface area contributed by atoms with E-state index in [0.29, 0.717) is 11.0 Å². The topological polar surface area (TPSA) is 103 Å². The average molecular weight is 426 g/mol. The number of anilines is 1. The monoisotopic (exact) mass is 425 g/mol. The second-order valence-electron chi connectivity index (χ2n) is 7.80. The summed E-state index contributed by atoms with van der Waals surface area (Å²) in [5, 5.41) is 22.7. The van der Waals surface area contributed by atoms with Crippen molar-refractivity contribution in [2.24, 2.45) is 7.05 Å². The maximum atomic E-state index is 12.3. The summed E-state index contributed by atoms with van der Waals surface area (Å²) in [6.07, 6.45) is 0. The lowest BCUT2D eigenvalue weighted by Gasteiger charge is -2.19. The number of nitro groups is 1. The molecule has 0 unspecified atom stereocenters. The van der Waals surface area contributed by atoms with Crippen LogP contribution in [0.4, 0.5) is 11.4 Å². The van der Waals surface area contributed by atoms with Crippen LogP contribution in [0.3, 0.4) is 0 Å². The molecule has 0 bridgehead atoms. The number of hydrogen-bond donors (Lipinski definition) is 1. The highest BCUT2D eigenvalue weighted by atomic mass is 32.2. The van der Waals surface area contributed by atoms with Gasteiger partial charge in [0.2, 0.25) is 5.91 Å². The summed E-state index contributed by atoms with van der Waals surface area (Å²) in [4.78, 5) is 22.8. The molecular weight excluding hydrogens is 402 g/mol. The largest absolute Gasteiger partial charge is 0.320 e. The van der Waals surface area contributed by atoms with Crippen molar-refractivity contribution in [1.82, 2.24) is 14.8 Å². The molecule has 3 aromatic rings. The SMILES string of the molecule is Cn1c(SCC(=O)Nc2ccccc2[N+](=O)[O-])nnc1-c1ccc(C(C)(C)C)cc1. The van der Waals surface area contributed by atoms with Gasteiger partial charge in [-0.2, -0.15) is 0 Å². The first kappa shape index (κ1) is 21.5. The highest BCUT2D eigenvalue weighted by Crippen LogP contribution is 2.27. The zero-order valence-electron chi connectivity index (χ0n) is 17.2. The van der Waals surface area contributed by atoms with E-state index in [1.54, 1.807) is 12.1 Å². The van der Waals surface area contributed by atoms with E-state index in [2.05, 4.69) is 48.4 Å². The van der Waals surface area contributed by atoms with E-state index in [4.69, 9.17) is 0 Å². The van der Waals surface area contributed by atoms with Crippen LogP contribution in [0, 0.1) is 10.1 Å². The van der Waals surface area contributed by atoms with Crippen molar-refractivity contribution in [2.75, 3.05) is 11.1 Å². The molecule has 1 aromatic heterocycles. The van der Waals surface area contributed by atoms with E-state index in [1.165, 1.54) is 29.5 Å². The number of carbonyl (C=O) groups excluding carboxylic acids is 1. The Morgan fingerprint density at radius 1 is 1.13 bits per heavy atom. The van der Waals surface area contributed by atoms with Gasteiger partial charge < -0.3 is 9.88 Å². The minimum Gasteiger partial charge on any atom is -0.320 e. The Balaban J connectivity index is 1.67. The maximum Gasteiger partial charge on any atom is 0.292 e. The van der Waals surface area contributed by atoms with E-state index in [9.17, 15) is 14.9 Å². The van der Waals surface area contributed by atoms with Gasteiger partial charge >= 0.3 is 0 Å². The van der Waals surface area contributed by atoms with Gasteiger partial charge in [0.1, 0.15) is 5.69 Å². The molecule has 1 N–H and O–H groups in total. The Bertz CT molecular complexity index is 1070. The third-order valence-corrected chi connectivity index (χ3v) is 5.57. The molecule has 0 aliphatic carbocycles. The van der Waals surface area contributed by atoms with Gasteiger partial charge in [0.15, 0.2) is 11.0 Å². The third kappa shape index (κ3) is 4.85. The van der Waals surface area contributed by atoms with Crippen LogP contribution in [0.5, 0.6) is 0 Å². The molecular formula is C21H23N5O3S. The number of para-hydroxylation sites is 2. The number of aromatic nitrogens is 3. The maximum absolute atomic E-state index is 12.3. The number of thioether (sulfide) groups is 1. The van der Waals surface area contributed by atoms with E-state index in [0.717, 1.165) is 5.56 Å². The van der Waals surface area contributed by atoms with Crippen LogP contribution in [-0.4, -0.2) is 31.3 Å². The van der Waals surface area contributed by atoms with Crippen molar-refractivity contribution in [3.05, 3.63) is 64.2 Å². The van der Waals surface area contributed by atoms with Crippen molar-refractivity contribution in [2.45, 2.75) is 31.3 Å². The van der Waals surface area contributed by atoms with Gasteiger partial charge in [0.25, 0.3) is 5.69 Å². The quantitative estimate of drug-likeness (QED) is 0.356. The molecule has 0 radical (unpaired) electrons. The van der Waals surface area contributed by atoms with Gasteiger partial charge in [-0.25, -0.2) is 0 Å². The molecule has 0 spiro atoms. The van der Waals surface area contributed by atoms with Crippen molar-refractivity contribution >= 4 is 29.0 Å². The molecule has 156 valence electrons. The summed E-state index contributed by atoms with van der Waals surface area (Å²) >= 11 is 1.22. The molecule has 2 aromatic carbocycles. The Kier molecular flexibility index (Phi) is 6.21. The van der Waals surface area contributed by atoms with E-state index in [1.807, 2.05) is 23.7 Å². The lowest BCUT2D eigenvalue weighted by atomic mass is 9.87. The number of nitrogens with zero attached hydrogens (tertiary/aromatic N) is 4. The molecule has 9 heteroatoms. The van der Waals surface area contributed by atoms with Gasteiger partial charge in [0, 0.05) is 18.7 Å². The molecule has 0 fully saturated rings. The molecule has 0 aliphatic rings. The Morgan fingerprint density at radius 2 is 1.80 bits per heavy atom. The standard InChI is InChI=1S/C21H23N5O3S/c1-21(2,3)15-11-9-14(10-12-15)19-23-24-20(25(19)4)30-13-18(27)22-16-7-5-6-8-17(16)26(28)29/h5-12H,13H2,1-4H3,(H,22,27). The summed E-state index contributed by atoms with van der Waals surface area (Å²) < 4.78 is 1.83. The summed E-state index contributed by atoms with van der Waals surface area (Å²) in [5.41, 5.74) is 2.27. The number of hydrogen-bond acceptors (Lipinski definition) is 6. The van der Waals surface area contributed by atoms with E-state index in [-0.39, 0.29) is 28.4 Å². The van der Waals surface area contributed by atoms with Crippen LogP contribution in [0.15, 0.2) is 53.7 Å². The van der Waals surface area contributed by atoms with Crippen molar-refractivity contribution in [1.29, 1.82) is 0 Å². The Hall–Kier alpha value is -3.20. The first-order valence-corrected chi connectivity index (χ1v) is 10.3. The fourth-order valence-electron chi connectivity index (χ4n) is 2.87. The van der Waals surface area contributed by atoms with Gasteiger partial charge in [-0.3, -0.25) is 14.9 Å². The predicted molar refractivity (Wildman–Crippen MR) is 118 cm³/mol. The number of nitro benzene ring substituents is 1. The third-order valence-electron chi connectivity index (χ3n) is 4.55. The van der Waals surface area contributed by atoms with Crippen molar-refractivity contribution in [3.63, 3.8) is 0 Å². The minimum absolute atomic E-state index is 0.0565. The molecule has 0 saturated heterocycles. The molecule has 3 rings (SSSR count). The highest BCUT2D eigenvalue weighted by Gasteiger charge is 2.18. The lowest BCUT2D eigenvalue weighted by Crippen LogP contribution is -2.15. The normalized spacial score (nSPS) is 11.3. The smallest absolute Gasteiger partial charge is 0.292 e. The van der Waals surface area contributed by atoms with Crippen molar-refractivity contribution < 1.29 is 9.72 Å². The van der Waals surface area contributed by atoms with Crippen molar-refractivity contribution in [3.8, 4) is 11.4 Å². The summed E-state index contributed by atoms with van der Waals surface area (Å²) in [7, 11) is 1.84. The number of nitrogens with one attached hydrogen (secondary N) is 1. The molecule has 0 saturated carbocycles. The van der Waals surface area contributed by atoms with Crippen LogP contribution < -0.4 is 5.32 Å². The fraction of sp³-hybridized carbons (Fsp3) is 0.286. The molecule has 1 heterocycles. The number of benzene rings is 2. The van der Waals surface area contributed by atoms with Crippen LogP contribution in [0.2, 0.25) is 0 Å². The molecule has 8 nitrogen and oxygen atoms in total. The number of rotatable bonds is 6. The second-order valence-corrected chi connectivity index (χ2v) is 8.75. The summed E-state index contributed by atoms with van der Waals surface area (Å²) in [6, 6.07) is 14.2. The Labute approximate surface area is 178 Å². The van der Waals surface area contributed by atoms with Crippen LogP contribution >= 0.6 is 11.8 Å². The number of amides is 1. The first-order valence-electron chi connectivity index (χ1n) is 9.33. The zero-order chi connectivity index (χ0) is 21.9. The predicted octanol–water partition coefficient (Wildman–Crippen LogP) is 4.42. The van der Waals surface area contributed by atoms with Gasteiger partial charge in [0.05, 0.1) is 10.7 Å². The summed E-state index contributed by atoms with van der Waals surface area (Å²) in [5.74, 6) is 0.409. The van der Waals surface area contributed by atoms with E-state index >= 15 is 0 Å². The fourth-order valence-corrected chi connectivity index (χ4v) is 3.58. The summed E-state index contributed by atoms with van der Waals surface area (Å²) in [6.45, 7) is 6.48. The van der Waals surface area contributed by atoms with Gasteiger partial charge in [-0.05, 0) is 17.0 Å². The lowest BCUT2D eigenvalue weighted by molar-refractivity contribution is -0.383. The van der Waals surface area contributed by atoms with Crippen LogP contribution in [0.25, 0.3) is 11.4 Å². The zero-order valence-corrected chi connectivity index (χ0v) is 18.1. The molecule has 1 amide bonds. The highest BCUT2D eigenvalue weighted by molar-refractivity contribution is 7.99. The van der Waals surface area contributed by atoms with Crippen LogP contribution in [-0.2, 0) is 17.3 Å². The van der Waals surface area contributed by atoms with Crippen LogP contribution in [0.1, 0.15) is 26.3 Å². The molecule has 30 heavy (non-hydrogen) atoms. The van der Waals surface area contributed by atoms with E-state index < -0.39 is 4.92 Å². The second kappa shape index (κ2) is 8.66. The average Bonchev–Trinajstić information content (AvgIpc) is 3.06. The molecule has 0 atom stereocenters. The molecule has 0 aliphatic heterocycles. The number of carbonyl (C=O) groups is 1. The first-order chi connectivity index (χ1) is 14.2.